The molecule has 0 spiro atoms. The Kier molecular flexibility index (Phi) is 3.28. The zero-order valence-electron chi connectivity index (χ0n) is 10.1. The Bertz CT molecular complexity index is 394. The Morgan fingerprint density at radius 2 is 2.25 bits per heavy atom. The predicted octanol–water partition coefficient (Wildman–Crippen LogP) is 2.94. The number of nitriles is 1. The molecule has 0 unspecified atom stereocenters. The quantitative estimate of drug-likeness (QED) is 0.824. The highest BCUT2D eigenvalue weighted by Crippen LogP contribution is 2.41. The van der Waals surface area contributed by atoms with Crippen molar-refractivity contribution in [2.45, 2.75) is 51.9 Å². The van der Waals surface area contributed by atoms with E-state index in [0.29, 0.717) is 18.3 Å². The van der Waals surface area contributed by atoms with Crippen molar-refractivity contribution in [3.8, 4) is 6.07 Å². The first-order valence-corrected chi connectivity index (χ1v) is 6.15. The van der Waals surface area contributed by atoms with Gasteiger partial charge in [0.2, 0.25) is 0 Å². The Balaban J connectivity index is 2.19. The standard InChI is InChI=1S/C13H19N3/c1-9(2)8-12-11(4-3-7-14)13(16-15-12)10-5-6-10/h9-10H,3-6,8H2,1-2H3,(H,15,16). The highest BCUT2D eigenvalue weighted by molar-refractivity contribution is 5.31. The number of nitrogens with one attached hydrogen (secondary N) is 1. The molecule has 1 fully saturated rings. The number of aromatic nitrogens is 2. The van der Waals surface area contributed by atoms with Crippen LogP contribution in [0.15, 0.2) is 0 Å². The SMILES string of the molecule is CC(C)Cc1[nH]nc(C2CC2)c1CCC#N. The number of hydrogen-bond donors (Lipinski definition) is 1. The molecule has 1 saturated carbocycles. The molecule has 1 aromatic rings. The maximum atomic E-state index is 8.70. The van der Waals surface area contributed by atoms with Gasteiger partial charge in [0.05, 0.1) is 11.8 Å². The lowest BCUT2D eigenvalue weighted by molar-refractivity contribution is 0.629. The monoisotopic (exact) mass is 217 g/mol. The third-order valence-electron chi connectivity index (χ3n) is 3.05. The van der Waals surface area contributed by atoms with Crippen molar-refractivity contribution in [2.24, 2.45) is 5.92 Å². The van der Waals surface area contributed by atoms with Crippen molar-refractivity contribution < 1.29 is 0 Å². The molecule has 1 N–H and O–H groups in total. The van der Waals surface area contributed by atoms with Crippen molar-refractivity contribution >= 4 is 0 Å². The van der Waals surface area contributed by atoms with Gasteiger partial charge in [-0.25, -0.2) is 0 Å². The van der Waals surface area contributed by atoms with E-state index < -0.39 is 0 Å². The van der Waals surface area contributed by atoms with Gasteiger partial charge in [-0.2, -0.15) is 10.4 Å². The first kappa shape index (κ1) is 11.2. The second-order valence-corrected chi connectivity index (χ2v) is 5.10. The highest BCUT2D eigenvalue weighted by atomic mass is 15.1. The molecule has 0 aromatic carbocycles. The Hall–Kier alpha value is -1.30. The van der Waals surface area contributed by atoms with Gasteiger partial charge in [0.15, 0.2) is 0 Å². The largest absolute Gasteiger partial charge is 0.282 e. The third kappa shape index (κ3) is 2.44. The van der Waals surface area contributed by atoms with E-state index in [0.717, 1.165) is 12.8 Å². The van der Waals surface area contributed by atoms with Gasteiger partial charge in [-0.1, -0.05) is 13.8 Å². The van der Waals surface area contributed by atoms with E-state index in [9.17, 15) is 0 Å². The number of nitrogens with zero attached hydrogens (tertiary/aromatic N) is 2. The van der Waals surface area contributed by atoms with Gasteiger partial charge in [-0.3, -0.25) is 5.10 Å². The maximum Gasteiger partial charge on any atom is 0.0688 e. The minimum atomic E-state index is 0.602. The smallest absolute Gasteiger partial charge is 0.0688 e. The van der Waals surface area contributed by atoms with Crippen LogP contribution in [0.1, 0.15) is 56.0 Å². The van der Waals surface area contributed by atoms with Crippen LogP contribution in [0, 0.1) is 17.2 Å². The van der Waals surface area contributed by atoms with Gasteiger partial charge in [-0.15, -0.1) is 0 Å². The fourth-order valence-corrected chi connectivity index (χ4v) is 2.15. The average Bonchev–Trinajstić information content (AvgIpc) is 2.99. The Morgan fingerprint density at radius 3 is 2.81 bits per heavy atom. The van der Waals surface area contributed by atoms with Crippen LogP contribution in [-0.2, 0) is 12.8 Å². The summed E-state index contributed by atoms with van der Waals surface area (Å²) in [6.45, 7) is 4.43. The van der Waals surface area contributed by atoms with Crippen LogP contribution >= 0.6 is 0 Å². The van der Waals surface area contributed by atoms with Gasteiger partial charge in [0.1, 0.15) is 0 Å². The number of rotatable bonds is 5. The molecule has 1 heterocycles. The molecule has 0 radical (unpaired) electrons. The van der Waals surface area contributed by atoms with Crippen LogP contribution in [0.3, 0.4) is 0 Å². The molecule has 3 nitrogen and oxygen atoms in total. The van der Waals surface area contributed by atoms with Gasteiger partial charge in [0, 0.05) is 18.0 Å². The van der Waals surface area contributed by atoms with Crippen LogP contribution in [0.5, 0.6) is 0 Å². The summed E-state index contributed by atoms with van der Waals surface area (Å²) in [7, 11) is 0. The molecule has 16 heavy (non-hydrogen) atoms. The lowest BCUT2D eigenvalue weighted by Gasteiger charge is -2.05. The maximum absolute atomic E-state index is 8.70. The minimum absolute atomic E-state index is 0.602. The highest BCUT2D eigenvalue weighted by Gasteiger charge is 2.29. The van der Waals surface area contributed by atoms with E-state index in [4.69, 9.17) is 5.26 Å². The van der Waals surface area contributed by atoms with Gasteiger partial charge < -0.3 is 0 Å². The molecule has 0 aliphatic heterocycles. The van der Waals surface area contributed by atoms with E-state index in [1.54, 1.807) is 0 Å². The number of aromatic amines is 1. The molecule has 0 amide bonds. The first-order chi connectivity index (χ1) is 7.72. The molecule has 1 aromatic heterocycles. The molecular weight excluding hydrogens is 198 g/mol. The summed E-state index contributed by atoms with van der Waals surface area (Å²) >= 11 is 0. The molecule has 1 aliphatic carbocycles. The molecular formula is C13H19N3. The molecule has 2 rings (SSSR count). The molecule has 3 heteroatoms. The first-order valence-electron chi connectivity index (χ1n) is 6.15. The van der Waals surface area contributed by atoms with E-state index in [1.165, 1.54) is 29.8 Å². The third-order valence-corrected chi connectivity index (χ3v) is 3.05. The van der Waals surface area contributed by atoms with Crippen molar-refractivity contribution in [1.29, 1.82) is 5.26 Å². The van der Waals surface area contributed by atoms with Crippen molar-refractivity contribution in [3.63, 3.8) is 0 Å². The Morgan fingerprint density at radius 1 is 1.50 bits per heavy atom. The number of hydrogen-bond acceptors (Lipinski definition) is 2. The predicted molar refractivity (Wildman–Crippen MR) is 63.0 cm³/mol. The van der Waals surface area contributed by atoms with Gasteiger partial charge in [0.25, 0.3) is 0 Å². The van der Waals surface area contributed by atoms with Crippen LogP contribution in [0.4, 0.5) is 0 Å². The molecule has 0 bridgehead atoms. The normalized spacial score (nSPS) is 15.4. The summed E-state index contributed by atoms with van der Waals surface area (Å²) < 4.78 is 0. The topological polar surface area (TPSA) is 52.5 Å². The summed E-state index contributed by atoms with van der Waals surface area (Å²) in [4.78, 5) is 0. The fraction of sp³-hybridized carbons (Fsp3) is 0.692. The summed E-state index contributed by atoms with van der Waals surface area (Å²) in [5, 5.41) is 16.3. The van der Waals surface area contributed by atoms with Crippen molar-refractivity contribution in [2.75, 3.05) is 0 Å². The second-order valence-electron chi connectivity index (χ2n) is 5.10. The van der Waals surface area contributed by atoms with Crippen LogP contribution in [0.2, 0.25) is 0 Å². The van der Waals surface area contributed by atoms with Crippen LogP contribution in [0.25, 0.3) is 0 Å². The average molecular weight is 217 g/mol. The Labute approximate surface area is 96.9 Å². The van der Waals surface area contributed by atoms with E-state index in [2.05, 4.69) is 30.1 Å². The summed E-state index contributed by atoms with van der Waals surface area (Å²) in [5.74, 6) is 1.30. The lowest BCUT2D eigenvalue weighted by atomic mass is 9.99. The van der Waals surface area contributed by atoms with E-state index >= 15 is 0 Å². The number of H-pyrrole nitrogens is 1. The van der Waals surface area contributed by atoms with E-state index in [1.807, 2.05) is 0 Å². The summed E-state index contributed by atoms with van der Waals surface area (Å²) in [5.41, 5.74) is 3.83. The van der Waals surface area contributed by atoms with Crippen molar-refractivity contribution in [1.82, 2.24) is 10.2 Å². The zero-order chi connectivity index (χ0) is 11.5. The van der Waals surface area contributed by atoms with Crippen LogP contribution < -0.4 is 0 Å². The fourth-order valence-electron chi connectivity index (χ4n) is 2.15. The second kappa shape index (κ2) is 4.69. The van der Waals surface area contributed by atoms with Gasteiger partial charge in [-0.05, 0) is 37.2 Å². The van der Waals surface area contributed by atoms with Crippen LogP contribution in [-0.4, -0.2) is 10.2 Å². The van der Waals surface area contributed by atoms with E-state index in [-0.39, 0.29) is 0 Å². The molecule has 0 atom stereocenters. The molecule has 0 saturated heterocycles. The molecule has 86 valence electrons. The summed E-state index contributed by atoms with van der Waals surface area (Å²) in [6.07, 6.45) is 5.04. The minimum Gasteiger partial charge on any atom is -0.282 e. The zero-order valence-corrected chi connectivity index (χ0v) is 10.1. The summed E-state index contributed by atoms with van der Waals surface area (Å²) in [6, 6.07) is 2.23. The van der Waals surface area contributed by atoms with Gasteiger partial charge >= 0.3 is 0 Å². The van der Waals surface area contributed by atoms with Crippen molar-refractivity contribution in [3.05, 3.63) is 17.0 Å². The lowest BCUT2D eigenvalue weighted by Crippen LogP contribution is -1.99. The molecule has 1 aliphatic rings.